The van der Waals surface area contributed by atoms with E-state index in [0.29, 0.717) is 0 Å². The molecule has 92 valence electrons. The molecule has 2 nitrogen and oxygen atoms in total. The summed E-state index contributed by atoms with van der Waals surface area (Å²) in [4.78, 5) is 0. The van der Waals surface area contributed by atoms with Crippen LogP contribution in [0.5, 0.6) is 5.75 Å². The predicted octanol–water partition coefficient (Wildman–Crippen LogP) is 3.13. The molecular weight excluding hydrogens is 222 g/mol. The number of ether oxygens (including phenoxy) is 1. The molecule has 0 aliphatic carbocycles. The van der Waals surface area contributed by atoms with Crippen LogP contribution in [0, 0.1) is 12.3 Å². The second kappa shape index (κ2) is 5.57. The number of rotatable bonds is 4. The zero-order valence-electron chi connectivity index (χ0n) is 10.7. The molecule has 0 aromatic heterocycles. The molecule has 18 heavy (non-hydrogen) atoms. The van der Waals surface area contributed by atoms with Crippen LogP contribution in [0.25, 0.3) is 10.8 Å². The van der Waals surface area contributed by atoms with E-state index in [1.807, 2.05) is 19.2 Å². The van der Waals surface area contributed by atoms with E-state index in [2.05, 4.69) is 42.4 Å². The minimum Gasteiger partial charge on any atom is -0.480 e. The molecule has 1 unspecified atom stereocenters. The quantitative estimate of drug-likeness (QED) is 0.828. The van der Waals surface area contributed by atoms with Crippen LogP contribution in [0.1, 0.15) is 18.5 Å². The van der Waals surface area contributed by atoms with Crippen LogP contribution in [-0.2, 0) is 0 Å². The van der Waals surface area contributed by atoms with Gasteiger partial charge in [0.25, 0.3) is 0 Å². The molecule has 2 rings (SSSR count). The fourth-order valence-corrected chi connectivity index (χ4v) is 2.03. The summed E-state index contributed by atoms with van der Waals surface area (Å²) in [5.74, 6) is 3.40. The normalized spacial score (nSPS) is 12.1. The fraction of sp³-hybridized carbons (Fsp3) is 0.250. The Morgan fingerprint density at radius 1 is 1.28 bits per heavy atom. The lowest BCUT2D eigenvalue weighted by atomic mass is 10.0. The third-order valence-electron chi connectivity index (χ3n) is 3.11. The topological polar surface area (TPSA) is 21.3 Å². The van der Waals surface area contributed by atoms with E-state index in [0.717, 1.165) is 22.1 Å². The third kappa shape index (κ3) is 2.32. The first-order chi connectivity index (χ1) is 8.77. The molecular formula is C16H17NO. The van der Waals surface area contributed by atoms with E-state index in [9.17, 15) is 0 Å². The average molecular weight is 239 g/mol. The van der Waals surface area contributed by atoms with Crippen molar-refractivity contribution in [1.82, 2.24) is 5.32 Å². The molecule has 0 spiro atoms. The van der Waals surface area contributed by atoms with E-state index in [4.69, 9.17) is 11.2 Å². The molecule has 0 aliphatic heterocycles. The maximum atomic E-state index is 5.75. The van der Waals surface area contributed by atoms with Gasteiger partial charge in [-0.25, -0.2) is 0 Å². The van der Waals surface area contributed by atoms with Gasteiger partial charge >= 0.3 is 0 Å². The van der Waals surface area contributed by atoms with Crippen molar-refractivity contribution >= 4 is 10.8 Å². The summed E-state index contributed by atoms with van der Waals surface area (Å²) in [6, 6.07) is 12.6. The Labute approximate surface area is 108 Å². The summed E-state index contributed by atoms with van der Waals surface area (Å²) in [5.41, 5.74) is 1.13. The Morgan fingerprint density at radius 3 is 2.78 bits per heavy atom. The van der Waals surface area contributed by atoms with Gasteiger partial charge in [0.2, 0.25) is 0 Å². The van der Waals surface area contributed by atoms with Crippen molar-refractivity contribution < 1.29 is 4.74 Å². The second-order valence-electron chi connectivity index (χ2n) is 4.21. The third-order valence-corrected chi connectivity index (χ3v) is 3.11. The SMILES string of the molecule is C#CCOc1c(C(C)NC)ccc2ccccc12. The first-order valence-corrected chi connectivity index (χ1v) is 6.03. The number of nitrogens with one attached hydrogen (secondary N) is 1. The lowest BCUT2D eigenvalue weighted by Gasteiger charge is -2.17. The largest absolute Gasteiger partial charge is 0.480 e. The average Bonchev–Trinajstić information content (AvgIpc) is 2.43. The van der Waals surface area contributed by atoms with Gasteiger partial charge in [-0.3, -0.25) is 0 Å². The molecule has 2 heteroatoms. The molecule has 0 saturated heterocycles. The number of terminal acetylenes is 1. The Kier molecular flexibility index (Phi) is 3.86. The standard InChI is InChI=1S/C16H17NO/c1-4-11-18-16-14(12(2)17-3)10-9-13-7-5-6-8-15(13)16/h1,5-10,12,17H,11H2,2-3H3. The van der Waals surface area contributed by atoms with Crippen LogP contribution in [-0.4, -0.2) is 13.7 Å². The van der Waals surface area contributed by atoms with Crippen molar-refractivity contribution in [3.63, 3.8) is 0 Å². The van der Waals surface area contributed by atoms with Crippen molar-refractivity contribution in [2.45, 2.75) is 13.0 Å². The minimum atomic E-state index is 0.224. The van der Waals surface area contributed by atoms with Gasteiger partial charge in [-0.15, -0.1) is 6.42 Å². The highest BCUT2D eigenvalue weighted by Crippen LogP contribution is 2.33. The molecule has 1 atom stereocenters. The fourth-order valence-electron chi connectivity index (χ4n) is 2.03. The molecule has 0 aliphatic rings. The van der Waals surface area contributed by atoms with Gasteiger partial charge in [-0.1, -0.05) is 42.3 Å². The van der Waals surface area contributed by atoms with Gasteiger partial charge in [0.05, 0.1) is 0 Å². The summed E-state index contributed by atoms with van der Waals surface area (Å²) in [5, 5.41) is 5.50. The molecule has 0 saturated carbocycles. The number of hydrogen-bond donors (Lipinski definition) is 1. The van der Waals surface area contributed by atoms with Crippen LogP contribution in [0.2, 0.25) is 0 Å². The lowest BCUT2D eigenvalue weighted by Crippen LogP contribution is -2.14. The van der Waals surface area contributed by atoms with E-state index >= 15 is 0 Å². The highest BCUT2D eigenvalue weighted by Gasteiger charge is 2.13. The Bertz CT molecular complexity index is 583. The maximum Gasteiger partial charge on any atom is 0.148 e. The van der Waals surface area contributed by atoms with Gasteiger partial charge in [0.15, 0.2) is 0 Å². The van der Waals surface area contributed by atoms with Crippen molar-refractivity contribution in [2.75, 3.05) is 13.7 Å². The molecule has 2 aromatic carbocycles. The minimum absolute atomic E-state index is 0.224. The summed E-state index contributed by atoms with van der Waals surface area (Å²) >= 11 is 0. The highest BCUT2D eigenvalue weighted by molar-refractivity contribution is 5.89. The van der Waals surface area contributed by atoms with Crippen LogP contribution >= 0.6 is 0 Å². The van der Waals surface area contributed by atoms with Gasteiger partial charge in [-0.2, -0.15) is 0 Å². The van der Waals surface area contributed by atoms with Crippen molar-refractivity contribution in [2.24, 2.45) is 0 Å². The van der Waals surface area contributed by atoms with Gasteiger partial charge < -0.3 is 10.1 Å². The van der Waals surface area contributed by atoms with Crippen LogP contribution in [0.3, 0.4) is 0 Å². The Balaban J connectivity index is 2.59. The first-order valence-electron chi connectivity index (χ1n) is 6.03. The number of benzene rings is 2. The lowest BCUT2D eigenvalue weighted by molar-refractivity contribution is 0.366. The Hall–Kier alpha value is -1.98. The van der Waals surface area contributed by atoms with Crippen molar-refractivity contribution in [1.29, 1.82) is 0 Å². The van der Waals surface area contributed by atoms with E-state index in [1.54, 1.807) is 0 Å². The molecule has 0 fully saturated rings. The van der Waals surface area contributed by atoms with Crippen molar-refractivity contribution in [3.05, 3.63) is 42.0 Å². The first kappa shape index (κ1) is 12.5. The smallest absolute Gasteiger partial charge is 0.148 e. The predicted molar refractivity (Wildman–Crippen MR) is 75.8 cm³/mol. The van der Waals surface area contributed by atoms with Crippen LogP contribution < -0.4 is 10.1 Å². The van der Waals surface area contributed by atoms with Crippen molar-refractivity contribution in [3.8, 4) is 18.1 Å². The molecule has 0 bridgehead atoms. The summed E-state index contributed by atoms with van der Waals surface area (Å²) in [6.45, 7) is 2.39. The van der Waals surface area contributed by atoms with Crippen LogP contribution in [0.4, 0.5) is 0 Å². The van der Waals surface area contributed by atoms with Crippen LogP contribution in [0.15, 0.2) is 36.4 Å². The molecule has 0 amide bonds. The molecule has 2 aromatic rings. The summed E-state index contributed by atoms with van der Waals surface area (Å²) in [6.07, 6.45) is 5.29. The molecule has 0 heterocycles. The number of hydrogen-bond acceptors (Lipinski definition) is 2. The van der Waals surface area contributed by atoms with E-state index in [-0.39, 0.29) is 12.6 Å². The number of fused-ring (bicyclic) bond motifs is 1. The summed E-state index contributed by atoms with van der Waals surface area (Å²) < 4.78 is 5.75. The van der Waals surface area contributed by atoms with Gasteiger partial charge in [0.1, 0.15) is 12.4 Å². The highest BCUT2D eigenvalue weighted by atomic mass is 16.5. The van der Waals surface area contributed by atoms with Gasteiger partial charge in [0, 0.05) is 17.0 Å². The Morgan fingerprint density at radius 2 is 2.06 bits per heavy atom. The second-order valence-corrected chi connectivity index (χ2v) is 4.21. The zero-order chi connectivity index (χ0) is 13.0. The zero-order valence-corrected chi connectivity index (χ0v) is 10.7. The maximum absolute atomic E-state index is 5.75. The summed E-state index contributed by atoms with van der Waals surface area (Å²) in [7, 11) is 1.94. The molecule has 0 radical (unpaired) electrons. The monoisotopic (exact) mass is 239 g/mol. The molecule has 1 N–H and O–H groups in total. The van der Waals surface area contributed by atoms with Gasteiger partial charge in [-0.05, 0) is 19.4 Å². The van der Waals surface area contributed by atoms with E-state index < -0.39 is 0 Å². The van der Waals surface area contributed by atoms with E-state index in [1.165, 1.54) is 0 Å².